The van der Waals surface area contributed by atoms with Crippen molar-refractivity contribution in [1.29, 1.82) is 0 Å². The second kappa shape index (κ2) is 7.46. The Bertz CT molecular complexity index is 229. The molecule has 0 aromatic rings. The number of hydrogen-bond donors (Lipinski definition) is 1. The molecular formula is C15H30N2O. The van der Waals surface area contributed by atoms with Crippen molar-refractivity contribution >= 4 is 0 Å². The smallest absolute Gasteiger partial charge is 0.0506 e. The van der Waals surface area contributed by atoms with Gasteiger partial charge in [-0.25, -0.2) is 0 Å². The van der Waals surface area contributed by atoms with Crippen LogP contribution in [0.1, 0.15) is 46.0 Å². The summed E-state index contributed by atoms with van der Waals surface area (Å²) in [5.74, 6) is 0.771. The van der Waals surface area contributed by atoms with Crippen LogP contribution < -0.4 is 5.32 Å². The highest BCUT2D eigenvalue weighted by Gasteiger charge is 2.28. The van der Waals surface area contributed by atoms with Crippen molar-refractivity contribution in [3.8, 4) is 0 Å². The van der Waals surface area contributed by atoms with Crippen molar-refractivity contribution in [2.45, 2.75) is 58.0 Å². The van der Waals surface area contributed by atoms with Gasteiger partial charge in [0, 0.05) is 38.3 Å². The first-order valence-electron chi connectivity index (χ1n) is 7.88. The molecule has 0 amide bonds. The van der Waals surface area contributed by atoms with E-state index in [0.29, 0.717) is 6.04 Å². The summed E-state index contributed by atoms with van der Waals surface area (Å²) in [5, 5.41) is 3.72. The summed E-state index contributed by atoms with van der Waals surface area (Å²) in [5.41, 5.74) is 0. The number of hydrogen-bond acceptors (Lipinski definition) is 3. The van der Waals surface area contributed by atoms with Crippen molar-refractivity contribution in [3.05, 3.63) is 0 Å². The van der Waals surface area contributed by atoms with Gasteiger partial charge in [0.2, 0.25) is 0 Å². The predicted octanol–water partition coefficient (Wildman–Crippen LogP) is 2.27. The number of nitrogens with zero attached hydrogens (tertiary/aromatic N) is 1. The normalized spacial score (nSPS) is 34.7. The lowest BCUT2D eigenvalue weighted by Crippen LogP contribution is -2.57. The summed E-state index contributed by atoms with van der Waals surface area (Å²) < 4.78 is 5.62. The molecule has 3 atom stereocenters. The lowest BCUT2D eigenvalue weighted by Gasteiger charge is -2.42. The molecule has 0 aromatic heterocycles. The maximum absolute atomic E-state index is 5.62. The topological polar surface area (TPSA) is 24.5 Å². The molecule has 0 saturated carbocycles. The first-order valence-corrected chi connectivity index (χ1v) is 7.88. The minimum absolute atomic E-state index is 0.710. The third-order valence-corrected chi connectivity index (χ3v) is 4.47. The van der Waals surface area contributed by atoms with Crippen LogP contribution in [0.4, 0.5) is 0 Å². The van der Waals surface area contributed by atoms with Gasteiger partial charge in [-0.1, -0.05) is 20.3 Å². The summed E-state index contributed by atoms with van der Waals surface area (Å²) in [7, 11) is 0. The Morgan fingerprint density at radius 2 is 2.22 bits per heavy atom. The molecule has 0 bridgehead atoms. The van der Waals surface area contributed by atoms with E-state index in [2.05, 4.69) is 24.1 Å². The average Bonchev–Trinajstić information content (AvgIpc) is 2.41. The molecule has 3 heteroatoms. The van der Waals surface area contributed by atoms with Gasteiger partial charge in [0.15, 0.2) is 0 Å². The fourth-order valence-electron chi connectivity index (χ4n) is 3.38. The molecule has 3 unspecified atom stereocenters. The molecule has 2 fully saturated rings. The average molecular weight is 254 g/mol. The number of rotatable bonds is 5. The van der Waals surface area contributed by atoms with E-state index in [-0.39, 0.29) is 0 Å². The van der Waals surface area contributed by atoms with E-state index >= 15 is 0 Å². The van der Waals surface area contributed by atoms with Crippen LogP contribution in [0, 0.1) is 5.92 Å². The molecule has 2 aliphatic heterocycles. The minimum Gasteiger partial charge on any atom is -0.381 e. The second-order valence-corrected chi connectivity index (χ2v) is 5.99. The van der Waals surface area contributed by atoms with Gasteiger partial charge < -0.3 is 10.1 Å². The Morgan fingerprint density at radius 1 is 1.33 bits per heavy atom. The van der Waals surface area contributed by atoms with Crippen LogP contribution in [0.5, 0.6) is 0 Å². The molecule has 2 heterocycles. The van der Waals surface area contributed by atoms with Crippen molar-refractivity contribution in [1.82, 2.24) is 10.2 Å². The largest absolute Gasteiger partial charge is 0.381 e. The zero-order chi connectivity index (χ0) is 12.8. The molecule has 0 aromatic carbocycles. The summed E-state index contributed by atoms with van der Waals surface area (Å²) in [6.07, 6.45) is 6.48. The minimum atomic E-state index is 0.710. The first kappa shape index (κ1) is 14.3. The van der Waals surface area contributed by atoms with Crippen LogP contribution in [-0.4, -0.2) is 49.8 Å². The zero-order valence-corrected chi connectivity index (χ0v) is 12.2. The summed E-state index contributed by atoms with van der Waals surface area (Å²) in [4.78, 5) is 2.73. The Hall–Kier alpha value is -0.120. The van der Waals surface area contributed by atoms with Crippen LogP contribution in [0.3, 0.4) is 0 Å². The molecular weight excluding hydrogens is 224 g/mol. The Morgan fingerprint density at radius 3 is 2.89 bits per heavy atom. The lowest BCUT2D eigenvalue weighted by atomic mass is 9.97. The first-order chi connectivity index (χ1) is 8.83. The van der Waals surface area contributed by atoms with E-state index in [1.807, 2.05) is 0 Å². The van der Waals surface area contributed by atoms with Gasteiger partial charge in [-0.3, -0.25) is 4.90 Å². The third-order valence-electron chi connectivity index (χ3n) is 4.47. The highest BCUT2D eigenvalue weighted by Crippen LogP contribution is 2.20. The van der Waals surface area contributed by atoms with E-state index in [0.717, 1.165) is 25.2 Å². The van der Waals surface area contributed by atoms with Gasteiger partial charge in [0.1, 0.15) is 0 Å². The predicted molar refractivity (Wildman–Crippen MR) is 75.9 cm³/mol. The van der Waals surface area contributed by atoms with Crippen molar-refractivity contribution in [2.75, 3.05) is 32.8 Å². The molecule has 0 spiro atoms. The van der Waals surface area contributed by atoms with E-state index in [1.54, 1.807) is 0 Å². The van der Waals surface area contributed by atoms with Gasteiger partial charge in [0.25, 0.3) is 0 Å². The van der Waals surface area contributed by atoms with Crippen molar-refractivity contribution in [3.63, 3.8) is 0 Å². The maximum atomic E-state index is 5.62. The van der Waals surface area contributed by atoms with E-state index in [9.17, 15) is 0 Å². The third kappa shape index (κ3) is 3.94. The molecule has 0 aliphatic carbocycles. The summed E-state index contributed by atoms with van der Waals surface area (Å²) >= 11 is 0. The molecule has 3 nitrogen and oxygen atoms in total. The zero-order valence-electron chi connectivity index (χ0n) is 12.2. The van der Waals surface area contributed by atoms with Gasteiger partial charge in [0.05, 0.1) is 6.61 Å². The highest BCUT2D eigenvalue weighted by atomic mass is 16.5. The maximum Gasteiger partial charge on any atom is 0.0506 e. The van der Waals surface area contributed by atoms with E-state index < -0.39 is 0 Å². The number of piperazine rings is 1. The molecule has 2 rings (SSSR count). The van der Waals surface area contributed by atoms with Crippen molar-refractivity contribution < 1.29 is 4.74 Å². The Kier molecular flexibility index (Phi) is 5.93. The van der Waals surface area contributed by atoms with Crippen LogP contribution in [0.15, 0.2) is 0 Å². The fourth-order valence-corrected chi connectivity index (χ4v) is 3.38. The standard InChI is InChI=1S/C15H30N2O/c1-3-6-14-11-17(15(4-2)9-16-14)10-13-7-5-8-18-12-13/h13-16H,3-12H2,1-2H3. The molecule has 2 aliphatic rings. The summed E-state index contributed by atoms with van der Waals surface area (Å²) in [6, 6.07) is 1.45. The second-order valence-electron chi connectivity index (χ2n) is 5.99. The fraction of sp³-hybridized carbons (Fsp3) is 1.00. The Labute approximate surface area is 112 Å². The van der Waals surface area contributed by atoms with Gasteiger partial charge in [-0.2, -0.15) is 0 Å². The SMILES string of the molecule is CCCC1CN(CC2CCCOC2)C(CC)CN1. The Balaban J connectivity index is 1.84. The molecule has 106 valence electrons. The number of nitrogens with one attached hydrogen (secondary N) is 1. The molecule has 1 N–H and O–H groups in total. The van der Waals surface area contributed by atoms with Crippen LogP contribution >= 0.6 is 0 Å². The van der Waals surface area contributed by atoms with Gasteiger partial charge in [-0.15, -0.1) is 0 Å². The van der Waals surface area contributed by atoms with Gasteiger partial charge in [-0.05, 0) is 31.6 Å². The summed E-state index contributed by atoms with van der Waals surface area (Å²) in [6.45, 7) is 10.2. The van der Waals surface area contributed by atoms with Crippen LogP contribution in [0.2, 0.25) is 0 Å². The molecule has 18 heavy (non-hydrogen) atoms. The van der Waals surface area contributed by atoms with Crippen molar-refractivity contribution in [2.24, 2.45) is 5.92 Å². The highest BCUT2D eigenvalue weighted by molar-refractivity contribution is 4.86. The molecule has 0 radical (unpaired) electrons. The number of ether oxygens (including phenoxy) is 1. The van der Waals surface area contributed by atoms with Gasteiger partial charge >= 0.3 is 0 Å². The lowest BCUT2D eigenvalue weighted by molar-refractivity contribution is 0.0206. The van der Waals surface area contributed by atoms with Crippen LogP contribution in [0.25, 0.3) is 0 Å². The quantitative estimate of drug-likeness (QED) is 0.814. The monoisotopic (exact) mass is 254 g/mol. The van der Waals surface area contributed by atoms with E-state index in [4.69, 9.17) is 4.74 Å². The van der Waals surface area contributed by atoms with E-state index in [1.165, 1.54) is 51.7 Å². The molecule has 2 saturated heterocycles. The van der Waals surface area contributed by atoms with Crippen LogP contribution in [-0.2, 0) is 4.74 Å².